The third-order valence-electron chi connectivity index (χ3n) is 5.16. The topological polar surface area (TPSA) is 148 Å². The summed E-state index contributed by atoms with van der Waals surface area (Å²) in [5.41, 5.74) is 0.918. The lowest BCUT2D eigenvalue weighted by Crippen LogP contribution is -2.44. The highest BCUT2D eigenvalue weighted by atomic mass is 16.4. The van der Waals surface area contributed by atoms with E-state index in [0.717, 1.165) is 16.7 Å². The van der Waals surface area contributed by atoms with Crippen LogP contribution in [0.1, 0.15) is 29.5 Å². The van der Waals surface area contributed by atoms with Gasteiger partial charge in [-0.2, -0.15) is 0 Å². The number of aromatic amines is 2. The molecule has 0 spiro atoms. The van der Waals surface area contributed by atoms with Crippen molar-refractivity contribution in [2.45, 2.75) is 25.8 Å². The third-order valence-corrected chi connectivity index (χ3v) is 5.16. The number of carboxylic acid groups (broad SMARTS) is 1. The molecule has 0 radical (unpaired) electrons. The van der Waals surface area contributed by atoms with Gasteiger partial charge in [0.05, 0.1) is 12.0 Å². The fraction of sp³-hybridized carbons (Fsp3) is 0.273. The first-order valence-electron chi connectivity index (χ1n) is 9.75. The predicted octanol–water partition coefficient (Wildman–Crippen LogP) is 1.58. The Hall–Kier alpha value is -3.72. The maximum Gasteiger partial charge on any atom is 0.341 e. The number of amides is 1. The number of benzene rings is 2. The second-order valence-corrected chi connectivity index (χ2v) is 7.69. The van der Waals surface area contributed by atoms with Crippen LogP contribution in [-0.4, -0.2) is 49.9 Å². The lowest BCUT2D eigenvalue weighted by atomic mass is 9.82. The van der Waals surface area contributed by atoms with Gasteiger partial charge < -0.3 is 15.5 Å². The molecule has 1 aromatic heterocycles. The van der Waals surface area contributed by atoms with E-state index in [1.54, 1.807) is 0 Å². The molecule has 1 amide bonds. The molecule has 2 aromatic carbocycles. The molecule has 5 N–H and O–H groups in total. The van der Waals surface area contributed by atoms with Crippen molar-refractivity contribution in [3.8, 4) is 11.1 Å². The molecule has 0 fully saturated rings. The zero-order chi connectivity index (χ0) is 22.4. The number of rotatable bonds is 9. The molecule has 0 aliphatic rings. The molecular weight excluding hydrogens is 400 g/mol. The highest BCUT2D eigenvalue weighted by Crippen LogP contribution is 2.26. The minimum absolute atomic E-state index is 0.0142. The minimum Gasteiger partial charge on any atom is -0.481 e. The number of carbonyl (C=O) groups is 2. The van der Waals surface area contributed by atoms with Crippen LogP contribution in [0.25, 0.3) is 11.1 Å². The van der Waals surface area contributed by atoms with Crippen LogP contribution < -0.4 is 11.0 Å². The molecule has 2 atom stereocenters. The number of carboxylic acids is 1. The predicted molar refractivity (Wildman–Crippen MR) is 113 cm³/mol. The number of aromatic nitrogens is 3. The van der Waals surface area contributed by atoms with Crippen molar-refractivity contribution in [1.82, 2.24) is 20.5 Å². The van der Waals surface area contributed by atoms with E-state index in [9.17, 15) is 24.6 Å². The smallest absolute Gasteiger partial charge is 0.341 e. The number of carbonyl (C=O) groups excluding carboxylic acids is 1. The largest absolute Gasteiger partial charge is 0.481 e. The van der Waals surface area contributed by atoms with E-state index in [1.165, 1.54) is 6.92 Å². The summed E-state index contributed by atoms with van der Waals surface area (Å²) < 4.78 is 0. The fourth-order valence-electron chi connectivity index (χ4n) is 3.32. The molecule has 31 heavy (non-hydrogen) atoms. The molecule has 0 saturated heterocycles. The molecule has 2 unspecified atom stereocenters. The molecular formula is C22H24N4O5. The zero-order valence-corrected chi connectivity index (χ0v) is 17.0. The van der Waals surface area contributed by atoms with Crippen LogP contribution in [0.4, 0.5) is 0 Å². The van der Waals surface area contributed by atoms with Gasteiger partial charge in [-0.1, -0.05) is 54.6 Å². The second-order valence-electron chi connectivity index (χ2n) is 7.69. The van der Waals surface area contributed by atoms with Gasteiger partial charge in [0, 0.05) is 6.04 Å². The van der Waals surface area contributed by atoms with Crippen molar-refractivity contribution in [1.29, 1.82) is 0 Å². The van der Waals surface area contributed by atoms with Crippen molar-refractivity contribution in [3.63, 3.8) is 0 Å². The number of hydrogen-bond donors (Lipinski definition) is 5. The Balaban J connectivity index is 1.80. The van der Waals surface area contributed by atoms with Gasteiger partial charge in [-0.3, -0.25) is 14.6 Å². The van der Waals surface area contributed by atoms with E-state index in [-0.39, 0.29) is 12.2 Å². The Kier molecular flexibility index (Phi) is 6.66. The average molecular weight is 424 g/mol. The Morgan fingerprint density at radius 3 is 2.29 bits per heavy atom. The van der Waals surface area contributed by atoms with Crippen LogP contribution in [0.15, 0.2) is 59.4 Å². The SMILES string of the molecule is CC(CO)(CC(Cc1ccc(-c2ccccc2)cc1)NC(=O)c1n[nH]c(=O)[nH]1)C(=O)O. The Morgan fingerprint density at radius 2 is 1.74 bits per heavy atom. The number of aliphatic hydroxyl groups excluding tert-OH is 1. The summed E-state index contributed by atoms with van der Waals surface area (Å²) in [4.78, 5) is 37.6. The summed E-state index contributed by atoms with van der Waals surface area (Å²) >= 11 is 0. The van der Waals surface area contributed by atoms with Gasteiger partial charge in [0.1, 0.15) is 0 Å². The third kappa shape index (κ3) is 5.46. The number of H-pyrrole nitrogens is 2. The number of aliphatic carboxylic acids is 1. The van der Waals surface area contributed by atoms with E-state index in [2.05, 4.69) is 20.5 Å². The van der Waals surface area contributed by atoms with Crippen molar-refractivity contribution in [3.05, 3.63) is 76.5 Å². The van der Waals surface area contributed by atoms with Gasteiger partial charge >= 0.3 is 11.7 Å². The van der Waals surface area contributed by atoms with Crippen LogP contribution in [0, 0.1) is 5.41 Å². The normalized spacial score (nSPS) is 13.9. The first-order chi connectivity index (χ1) is 14.8. The Morgan fingerprint density at radius 1 is 1.10 bits per heavy atom. The van der Waals surface area contributed by atoms with Crippen LogP contribution in [-0.2, 0) is 11.2 Å². The maximum atomic E-state index is 12.5. The van der Waals surface area contributed by atoms with Gasteiger partial charge in [-0.25, -0.2) is 9.89 Å². The first kappa shape index (κ1) is 22.0. The number of nitrogens with one attached hydrogen (secondary N) is 3. The van der Waals surface area contributed by atoms with E-state index in [1.807, 2.05) is 54.6 Å². The summed E-state index contributed by atoms with van der Waals surface area (Å²) in [5, 5.41) is 27.6. The van der Waals surface area contributed by atoms with E-state index >= 15 is 0 Å². The van der Waals surface area contributed by atoms with Crippen molar-refractivity contribution in [2.24, 2.45) is 5.41 Å². The van der Waals surface area contributed by atoms with Crippen molar-refractivity contribution < 1.29 is 19.8 Å². The van der Waals surface area contributed by atoms with Gasteiger partial charge in [-0.05, 0) is 36.5 Å². The van der Waals surface area contributed by atoms with E-state index in [0.29, 0.717) is 6.42 Å². The molecule has 0 aliphatic heterocycles. The first-order valence-corrected chi connectivity index (χ1v) is 9.75. The van der Waals surface area contributed by atoms with Crippen molar-refractivity contribution in [2.75, 3.05) is 6.61 Å². The molecule has 9 nitrogen and oxygen atoms in total. The molecule has 3 rings (SSSR count). The van der Waals surface area contributed by atoms with Gasteiger partial charge in [0.2, 0.25) is 5.82 Å². The van der Waals surface area contributed by atoms with Crippen LogP contribution in [0.5, 0.6) is 0 Å². The Labute approximate surface area is 178 Å². The molecule has 0 saturated carbocycles. The molecule has 0 bridgehead atoms. The number of hydrogen-bond acceptors (Lipinski definition) is 5. The lowest BCUT2D eigenvalue weighted by Gasteiger charge is -2.28. The lowest BCUT2D eigenvalue weighted by molar-refractivity contribution is -0.151. The Bertz CT molecular complexity index is 1090. The van der Waals surface area contributed by atoms with E-state index in [4.69, 9.17) is 0 Å². The summed E-state index contributed by atoms with van der Waals surface area (Å²) in [5.74, 6) is -2.01. The van der Waals surface area contributed by atoms with Gasteiger partial charge in [-0.15, -0.1) is 5.10 Å². The van der Waals surface area contributed by atoms with Gasteiger partial charge in [0.25, 0.3) is 5.91 Å². The number of aliphatic hydroxyl groups is 1. The standard InChI is InChI=1S/C22H24N4O5/c1-22(13-27,20(29)30)12-17(23-19(28)18-24-21(31)26-25-18)11-14-7-9-16(10-8-14)15-5-3-2-4-6-15/h2-10,17,27H,11-13H2,1H3,(H,23,28)(H,29,30)(H2,24,25,26,31). The fourth-order valence-corrected chi connectivity index (χ4v) is 3.32. The summed E-state index contributed by atoms with van der Waals surface area (Å²) in [7, 11) is 0. The summed E-state index contributed by atoms with van der Waals surface area (Å²) in [6.45, 7) is 0.838. The molecule has 0 aliphatic carbocycles. The number of nitrogens with zero attached hydrogens (tertiary/aromatic N) is 1. The van der Waals surface area contributed by atoms with Crippen molar-refractivity contribution >= 4 is 11.9 Å². The monoisotopic (exact) mass is 424 g/mol. The molecule has 9 heteroatoms. The molecule has 3 aromatic rings. The quantitative estimate of drug-likeness (QED) is 0.352. The second kappa shape index (κ2) is 9.40. The maximum absolute atomic E-state index is 12.5. The van der Waals surface area contributed by atoms with Crippen LogP contribution in [0.3, 0.4) is 0 Å². The highest BCUT2D eigenvalue weighted by molar-refractivity contribution is 5.90. The van der Waals surface area contributed by atoms with Gasteiger partial charge in [0.15, 0.2) is 0 Å². The highest BCUT2D eigenvalue weighted by Gasteiger charge is 2.36. The van der Waals surface area contributed by atoms with E-state index < -0.39 is 35.6 Å². The minimum atomic E-state index is -1.44. The summed E-state index contributed by atoms with van der Waals surface area (Å²) in [6, 6.07) is 17.0. The van der Waals surface area contributed by atoms with Crippen LogP contribution in [0.2, 0.25) is 0 Å². The zero-order valence-electron chi connectivity index (χ0n) is 17.0. The van der Waals surface area contributed by atoms with Crippen LogP contribution >= 0.6 is 0 Å². The average Bonchev–Trinajstić information content (AvgIpc) is 3.21. The molecule has 162 valence electrons. The summed E-state index contributed by atoms with van der Waals surface area (Å²) in [6.07, 6.45) is 0.317. The molecule has 1 heterocycles.